The van der Waals surface area contributed by atoms with E-state index in [-0.39, 0.29) is 6.10 Å². The van der Waals surface area contributed by atoms with Crippen LogP contribution in [-0.4, -0.2) is 80.7 Å². The smallest absolute Gasteiger partial charge is 0.194 e. The Labute approximate surface area is 185 Å². The van der Waals surface area contributed by atoms with Crippen molar-refractivity contribution >= 4 is 11.8 Å². The summed E-state index contributed by atoms with van der Waals surface area (Å²) in [7, 11) is 4.03. The number of guanidine groups is 1. The SMILES string of the molecule is CN=C(NCc1cccnc1N1CCN(C)CC1)N1CCOC(c2ccccc2C)C1. The largest absolute Gasteiger partial charge is 0.370 e. The molecule has 4 rings (SSSR count). The van der Waals surface area contributed by atoms with Crippen LogP contribution < -0.4 is 10.2 Å². The number of hydrogen-bond acceptors (Lipinski definition) is 5. The predicted octanol–water partition coefficient (Wildman–Crippen LogP) is 2.29. The molecule has 7 heteroatoms. The van der Waals surface area contributed by atoms with Crippen molar-refractivity contribution in [2.75, 3.05) is 64.9 Å². The Morgan fingerprint density at radius 3 is 2.71 bits per heavy atom. The monoisotopic (exact) mass is 422 g/mol. The van der Waals surface area contributed by atoms with Crippen LogP contribution in [0.5, 0.6) is 0 Å². The van der Waals surface area contributed by atoms with E-state index in [1.807, 2.05) is 19.3 Å². The number of ether oxygens (including phenoxy) is 1. The summed E-state index contributed by atoms with van der Waals surface area (Å²) in [5.41, 5.74) is 3.73. The lowest BCUT2D eigenvalue weighted by Gasteiger charge is -2.36. The van der Waals surface area contributed by atoms with Crippen molar-refractivity contribution < 1.29 is 4.74 Å². The number of aromatic nitrogens is 1. The fourth-order valence-corrected chi connectivity index (χ4v) is 4.36. The number of anilines is 1. The van der Waals surface area contributed by atoms with Crippen molar-refractivity contribution in [1.82, 2.24) is 20.1 Å². The van der Waals surface area contributed by atoms with E-state index in [1.54, 1.807) is 0 Å². The Morgan fingerprint density at radius 2 is 1.94 bits per heavy atom. The number of pyridine rings is 1. The molecule has 0 amide bonds. The summed E-state index contributed by atoms with van der Waals surface area (Å²) in [4.78, 5) is 16.3. The van der Waals surface area contributed by atoms with Crippen molar-refractivity contribution in [3.63, 3.8) is 0 Å². The van der Waals surface area contributed by atoms with E-state index >= 15 is 0 Å². The van der Waals surface area contributed by atoms with Gasteiger partial charge in [-0.2, -0.15) is 0 Å². The second-order valence-electron chi connectivity index (χ2n) is 8.34. The van der Waals surface area contributed by atoms with Gasteiger partial charge in [-0.3, -0.25) is 4.99 Å². The van der Waals surface area contributed by atoms with Gasteiger partial charge in [0.15, 0.2) is 5.96 Å². The number of rotatable bonds is 4. The van der Waals surface area contributed by atoms with Crippen molar-refractivity contribution in [2.24, 2.45) is 4.99 Å². The molecule has 0 bridgehead atoms. The highest BCUT2D eigenvalue weighted by molar-refractivity contribution is 5.80. The topological polar surface area (TPSA) is 56.2 Å². The van der Waals surface area contributed by atoms with Crippen LogP contribution in [0, 0.1) is 6.92 Å². The van der Waals surface area contributed by atoms with E-state index in [2.05, 4.69) is 69.3 Å². The highest BCUT2D eigenvalue weighted by Crippen LogP contribution is 2.25. The molecule has 0 radical (unpaired) electrons. The summed E-state index contributed by atoms with van der Waals surface area (Å²) in [5, 5.41) is 3.57. The molecular formula is C24H34N6O. The molecule has 1 N–H and O–H groups in total. The Morgan fingerprint density at radius 1 is 1.13 bits per heavy atom. The number of morpholine rings is 1. The van der Waals surface area contributed by atoms with Crippen LogP contribution in [-0.2, 0) is 11.3 Å². The van der Waals surface area contributed by atoms with E-state index in [4.69, 9.17) is 9.72 Å². The van der Waals surface area contributed by atoms with Gasteiger partial charge < -0.3 is 24.8 Å². The first-order valence-corrected chi connectivity index (χ1v) is 11.2. The summed E-state index contributed by atoms with van der Waals surface area (Å²) in [6.07, 6.45) is 1.95. The van der Waals surface area contributed by atoms with Gasteiger partial charge >= 0.3 is 0 Å². The van der Waals surface area contributed by atoms with Gasteiger partial charge in [0.25, 0.3) is 0 Å². The zero-order valence-corrected chi connectivity index (χ0v) is 18.9. The lowest BCUT2D eigenvalue weighted by molar-refractivity contribution is -0.00833. The molecule has 2 fully saturated rings. The van der Waals surface area contributed by atoms with E-state index in [9.17, 15) is 0 Å². The van der Waals surface area contributed by atoms with Gasteiger partial charge in [0.05, 0.1) is 13.2 Å². The molecule has 2 aliphatic rings. The zero-order valence-electron chi connectivity index (χ0n) is 18.9. The van der Waals surface area contributed by atoms with Crippen LogP contribution in [0.25, 0.3) is 0 Å². The number of likely N-dealkylation sites (N-methyl/N-ethyl adjacent to an activating group) is 1. The Bertz CT molecular complexity index is 893. The Balaban J connectivity index is 1.42. The molecule has 1 unspecified atom stereocenters. The van der Waals surface area contributed by atoms with Crippen molar-refractivity contribution in [1.29, 1.82) is 0 Å². The van der Waals surface area contributed by atoms with Gasteiger partial charge in [-0.1, -0.05) is 30.3 Å². The minimum absolute atomic E-state index is 0.0628. The normalized spacial score (nSPS) is 20.7. The van der Waals surface area contributed by atoms with Crippen molar-refractivity contribution in [3.05, 3.63) is 59.3 Å². The first-order chi connectivity index (χ1) is 15.2. The second kappa shape index (κ2) is 10.1. The van der Waals surface area contributed by atoms with E-state index in [0.717, 1.165) is 51.0 Å². The van der Waals surface area contributed by atoms with Crippen LogP contribution in [0.3, 0.4) is 0 Å². The fraction of sp³-hybridized carbons (Fsp3) is 0.500. The second-order valence-corrected chi connectivity index (χ2v) is 8.34. The van der Waals surface area contributed by atoms with Crippen molar-refractivity contribution in [2.45, 2.75) is 19.6 Å². The van der Waals surface area contributed by atoms with Gasteiger partial charge in [-0.05, 0) is 31.2 Å². The fourth-order valence-electron chi connectivity index (χ4n) is 4.36. The molecule has 0 aliphatic carbocycles. The molecule has 0 saturated carbocycles. The number of aryl methyl sites for hydroxylation is 1. The number of benzene rings is 1. The number of aliphatic imine (C=N–C) groups is 1. The highest BCUT2D eigenvalue weighted by atomic mass is 16.5. The van der Waals surface area contributed by atoms with Crippen LogP contribution in [0.15, 0.2) is 47.6 Å². The molecule has 2 saturated heterocycles. The molecule has 2 aliphatic heterocycles. The molecule has 1 aromatic heterocycles. The molecule has 166 valence electrons. The highest BCUT2D eigenvalue weighted by Gasteiger charge is 2.25. The molecule has 31 heavy (non-hydrogen) atoms. The third-order valence-electron chi connectivity index (χ3n) is 6.22. The van der Waals surface area contributed by atoms with Crippen LogP contribution in [0.2, 0.25) is 0 Å². The van der Waals surface area contributed by atoms with Crippen LogP contribution in [0.1, 0.15) is 22.8 Å². The van der Waals surface area contributed by atoms with Gasteiger partial charge in [0.1, 0.15) is 11.9 Å². The summed E-state index contributed by atoms with van der Waals surface area (Å²) in [6, 6.07) is 12.6. The quantitative estimate of drug-likeness (QED) is 0.603. The first kappa shape index (κ1) is 21.6. The van der Waals surface area contributed by atoms with Gasteiger partial charge in [0, 0.05) is 58.1 Å². The van der Waals surface area contributed by atoms with E-state index in [1.165, 1.54) is 16.7 Å². The maximum Gasteiger partial charge on any atom is 0.194 e. The summed E-state index contributed by atoms with van der Waals surface area (Å²) >= 11 is 0. The molecule has 2 aromatic rings. The van der Waals surface area contributed by atoms with Gasteiger partial charge in [-0.15, -0.1) is 0 Å². The minimum atomic E-state index is 0.0628. The van der Waals surface area contributed by atoms with Gasteiger partial charge in [0.2, 0.25) is 0 Å². The standard InChI is InChI=1S/C24H34N6O/c1-19-7-4-5-9-21(19)22-18-30(15-16-31-22)24(25-2)27-17-20-8-6-10-26-23(20)29-13-11-28(3)12-14-29/h4-10,22H,11-18H2,1-3H3,(H,25,27). The molecule has 3 heterocycles. The van der Waals surface area contributed by atoms with E-state index < -0.39 is 0 Å². The Hall–Kier alpha value is -2.64. The summed E-state index contributed by atoms with van der Waals surface area (Å²) < 4.78 is 6.09. The molecular weight excluding hydrogens is 388 g/mol. The average molecular weight is 423 g/mol. The van der Waals surface area contributed by atoms with E-state index in [0.29, 0.717) is 13.2 Å². The first-order valence-electron chi connectivity index (χ1n) is 11.2. The zero-order chi connectivity index (χ0) is 21.6. The summed E-state index contributed by atoms with van der Waals surface area (Å²) in [5.74, 6) is 1.99. The number of hydrogen-bond donors (Lipinski definition) is 1. The Kier molecular flexibility index (Phi) is 7.04. The van der Waals surface area contributed by atoms with Crippen molar-refractivity contribution in [3.8, 4) is 0 Å². The predicted molar refractivity (Wildman–Crippen MR) is 126 cm³/mol. The lowest BCUT2D eigenvalue weighted by atomic mass is 10.0. The number of piperazine rings is 1. The van der Waals surface area contributed by atoms with Gasteiger partial charge in [-0.25, -0.2) is 4.98 Å². The third kappa shape index (κ3) is 5.17. The maximum absolute atomic E-state index is 6.09. The molecule has 7 nitrogen and oxygen atoms in total. The molecule has 1 atom stereocenters. The maximum atomic E-state index is 6.09. The van der Waals surface area contributed by atoms with Crippen LogP contribution >= 0.6 is 0 Å². The number of nitrogens with zero attached hydrogens (tertiary/aromatic N) is 5. The molecule has 1 aromatic carbocycles. The number of nitrogens with one attached hydrogen (secondary N) is 1. The minimum Gasteiger partial charge on any atom is -0.370 e. The third-order valence-corrected chi connectivity index (χ3v) is 6.22. The van der Waals surface area contributed by atoms with Crippen LogP contribution in [0.4, 0.5) is 5.82 Å². The molecule has 0 spiro atoms. The average Bonchev–Trinajstić information content (AvgIpc) is 2.81. The summed E-state index contributed by atoms with van der Waals surface area (Å²) in [6.45, 7) is 9.33. The lowest BCUT2D eigenvalue weighted by Crippen LogP contribution is -2.48.